The molecule has 6 heteroatoms. The van der Waals surface area contributed by atoms with E-state index < -0.39 is 0 Å². The smallest absolute Gasteiger partial charge is 0.150 e. The summed E-state index contributed by atoms with van der Waals surface area (Å²) in [6, 6.07) is 15.6. The van der Waals surface area contributed by atoms with Crippen molar-refractivity contribution in [3.05, 3.63) is 71.2 Å². The summed E-state index contributed by atoms with van der Waals surface area (Å²) in [7, 11) is 3.29. The van der Waals surface area contributed by atoms with Crippen molar-refractivity contribution >= 4 is 11.5 Å². The molecule has 26 heavy (non-hydrogen) atoms. The molecule has 2 aromatic carbocycles. The van der Waals surface area contributed by atoms with Crippen LogP contribution in [0.5, 0.6) is 11.5 Å². The maximum Gasteiger partial charge on any atom is 0.150 e. The molecule has 0 radical (unpaired) electrons. The molecule has 134 valence electrons. The lowest BCUT2D eigenvalue weighted by molar-refractivity contribution is 0.414. The Bertz CT molecular complexity index is 878. The molecule has 1 aromatic heterocycles. The monoisotopic (exact) mass is 350 g/mol. The van der Waals surface area contributed by atoms with E-state index in [0.29, 0.717) is 30.2 Å². The molecule has 6 nitrogen and oxygen atoms in total. The summed E-state index contributed by atoms with van der Waals surface area (Å²) in [4.78, 5) is 8.96. The number of nitrogens with zero attached hydrogens (tertiary/aromatic N) is 2. The first kappa shape index (κ1) is 17.5. The number of rotatable bonds is 6. The summed E-state index contributed by atoms with van der Waals surface area (Å²) in [6.07, 6.45) is 1.16. The van der Waals surface area contributed by atoms with Crippen molar-refractivity contribution in [2.24, 2.45) is 0 Å². The number of nitrogens with two attached hydrogens (primary N) is 2. The number of nitrogen functional groups attached to an aromatic ring is 2. The second-order valence-corrected chi connectivity index (χ2v) is 5.94. The maximum absolute atomic E-state index is 6.10. The molecule has 0 aliphatic heterocycles. The topological polar surface area (TPSA) is 96.3 Å². The van der Waals surface area contributed by atoms with E-state index in [2.05, 4.69) is 9.97 Å². The minimum absolute atomic E-state index is 0.312. The highest BCUT2D eigenvalue weighted by Crippen LogP contribution is 2.22. The number of ether oxygens (including phenoxy) is 2. The second kappa shape index (κ2) is 7.74. The van der Waals surface area contributed by atoms with Crippen LogP contribution in [0.1, 0.15) is 22.6 Å². The Morgan fingerprint density at radius 2 is 1.23 bits per heavy atom. The molecule has 0 spiro atoms. The van der Waals surface area contributed by atoms with Crippen LogP contribution in [0.25, 0.3) is 0 Å². The first-order chi connectivity index (χ1) is 12.6. The van der Waals surface area contributed by atoms with Gasteiger partial charge in [-0.1, -0.05) is 24.3 Å². The van der Waals surface area contributed by atoms with Crippen LogP contribution in [0.15, 0.2) is 48.5 Å². The molecule has 1 heterocycles. The van der Waals surface area contributed by atoms with Gasteiger partial charge in [0.1, 0.15) is 17.3 Å². The second-order valence-electron chi connectivity index (χ2n) is 5.94. The van der Waals surface area contributed by atoms with Crippen LogP contribution in [0, 0.1) is 0 Å². The Hall–Kier alpha value is -3.28. The average molecular weight is 350 g/mol. The first-order valence-electron chi connectivity index (χ1n) is 8.25. The molecule has 0 aliphatic carbocycles. The number of aromatic nitrogens is 2. The van der Waals surface area contributed by atoms with Gasteiger partial charge in [-0.15, -0.1) is 0 Å². The molecule has 0 fully saturated rings. The molecule has 0 saturated heterocycles. The molecule has 0 saturated carbocycles. The maximum atomic E-state index is 6.10. The summed E-state index contributed by atoms with van der Waals surface area (Å²) in [5.74, 6) is 2.58. The Balaban J connectivity index is 1.83. The zero-order valence-corrected chi connectivity index (χ0v) is 14.9. The lowest BCUT2D eigenvalue weighted by Gasteiger charge is -2.11. The van der Waals surface area contributed by atoms with Crippen molar-refractivity contribution in [3.8, 4) is 11.5 Å². The number of hydrogen-bond donors (Lipinski definition) is 2. The van der Waals surface area contributed by atoms with E-state index in [1.807, 2.05) is 48.5 Å². The first-order valence-corrected chi connectivity index (χ1v) is 8.25. The van der Waals surface area contributed by atoms with Crippen LogP contribution in [0.4, 0.5) is 11.5 Å². The molecule has 3 aromatic rings. The van der Waals surface area contributed by atoms with Crippen molar-refractivity contribution in [2.45, 2.75) is 12.8 Å². The van der Waals surface area contributed by atoms with Gasteiger partial charge in [0.25, 0.3) is 0 Å². The van der Waals surface area contributed by atoms with Gasteiger partial charge in [0.2, 0.25) is 0 Å². The molecule has 0 bridgehead atoms. The Kier molecular flexibility index (Phi) is 5.22. The normalized spacial score (nSPS) is 10.5. The van der Waals surface area contributed by atoms with E-state index in [0.717, 1.165) is 28.3 Å². The van der Waals surface area contributed by atoms with E-state index >= 15 is 0 Å². The van der Waals surface area contributed by atoms with Crippen molar-refractivity contribution in [1.29, 1.82) is 0 Å². The van der Waals surface area contributed by atoms with E-state index in [-0.39, 0.29) is 0 Å². The van der Waals surface area contributed by atoms with Gasteiger partial charge in [0.15, 0.2) is 5.82 Å². The Labute approximate surface area is 152 Å². The standard InChI is InChI=1S/C20H22N4O2/c1-25-15-7-3-13(4-8-15)11-17-19(21)20(22)24-18(23-17)12-14-5-9-16(26-2)10-6-14/h3-10H,11-12,21H2,1-2H3,(H2,22,23,24). The number of methoxy groups -OCH3 is 2. The quantitative estimate of drug-likeness (QED) is 0.710. The van der Waals surface area contributed by atoms with E-state index in [1.54, 1.807) is 14.2 Å². The SMILES string of the molecule is COc1ccc(Cc2nc(N)c(N)c(Cc3ccc(OC)cc3)n2)cc1. The summed E-state index contributed by atoms with van der Waals surface area (Å²) in [5, 5.41) is 0. The van der Waals surface area contributed by atoms with Crippen molar-refractivity contribution in [2.75, 3.05) is 25.7 Å². The summed E-state index contributed by atoms with van der Waals surface area (Å²) < 4.78 is 10.4. The fourth-order valence-corrected chi connectivity index (χ4v) is 2.66. The van der Waals surface area contributed by atoms with Gasteiger partial charge in [0.05, 0.1) is 25.6 Å². The Morgan fingerprint density at radius 1 is 0.731 bits per heavy atom. The lowest BCUT2D eigenvalue weighted by atomic mass is 10.1. The largest absolute Gasteiger partial charge is 0.497 e. The molecule has 4 N–H and O–H groups in total. The van der Waals surface area contributed by atoms with Crippen LogP contribution in [0.2, 0.25) is 0 Å². The van der Waals surface area contributed by atoms with Gasteiger partial charge in [-0.25, -0.2) is 9.97 Å². The minimum Gasteiger partial charge on any atom is -0.497 e. The summed E-state index contributed by atoms with van der Waals surface area (Å²) in [6.45, 7) is 0. The Morgan fingerprint density at radius 3 is 1.73 bits per heavy atom. The summed E-state index contributed by atoms with van der Waals surface area (Å²) in [5.41, 5.74) is 15.4. The number of benzene rings is 2. The van der Waals surface area contributed by atoms with Gasteiger partial charge in [-0.05, 0) is 35.4 Å². The van der Waals surface area contributed by atoms with Crippen LogP contribution < -0.4 is 20.9 Å². The molecule has 0 unspecified atom stereocenters. The van der Waals surface area contributed by atoms with Crippen molar-refractivity contribution < 1.29 is 9.47 Å². The lowest BCUT2D eigenvalue weighted by Crippen LogP contribution is -2.10. The molecular formula is C20H22N4O2. The molecular weight excluding hydrogens is 328 g/mol. The van der Waals surface area contributed by atoms with Gasteiger partial charge in [-0.2, -0.15) is 0 Å². The van der Waals surface area contributed by atoms with Gasteiger partial charge in [0, 0.05) is 12.8 Å². The highest BCUT2D eigenvalue weighted by Gasteiger charge is 2.11. The third-order valence-electron chi connectivity index (χ3n) is 4.15. The highest BCUT2D eigenvalue weighted by atomic mass is 16.5. The third kappa shape index (κ3) is 4.03. The van der Waals surface area contributed by atoms with E-state index in [4.69, 9.17) is 20.9 Å². The number of anilines is 2. The molecule has 0 aliphatic rings. The number of hydrogen-bond acceptors (Lipinski definition) is 6. The molecule has 0 atom stereocenters. The summed E-state index contributed by atoms with van der Waals surface area (Å²) >= 11 is 0. The van der Waals surface area contributed by atoms with Crippen LogP contribution in [-0.2, 0) is 12.8 Å². The fraction of sp³-hybridized carbons (Fsp3) is 0.200. The van der Waals surface area contributed by atoms with Gasteiger partial charge >= 0.3 is 0 Å². The predicted octanol–water partition coefficient (Wildman–Crippen LogP) is 2.84. The fourth-order valence-electron chi connectivity index (χ4n) is 2.66. The van der Waals surface area contributed by atoms with E-state index in [1.165, 1.54) is 0 Å². The average Bonchev–Trinajstić information content (AvgIpc) is 2.67. The zero-order valence-electron chi connectivity index (χ0n) is 14.9. The van der Waals surface area contributed by atoms with Crippen LogP contribution in [-0.4, -0.2) is 24.2 Å². The van der Waals surface area contributed by atoms with Crippen molar-refractivity contribution in [1.82, 2.24) is 9.97 Å². The van der Waals surface area contributed by atoms with E-state index in [9.17, 15) is 0 Å². The minimum atomic E-state index is 0.312. The zero-order chi connectivity index (χ0) is 18.5. The molecule has 0 amide bonds. The van der Waals surface area contributed by atoms with Crippen molar-refractivity contribution in [3.63, 3.8) is 0 Å². The van der Waals surface area contributed by atoms with Gasteiger partial charge in [-0.3, -0.25) is 0 Å². The highest BCUT2D eigenvalue weighted by molar-refractivity contribution is 5.62. The molecule has 3 rings (SSSR count). The van der Waals surface area contributed by atoms with Crippen LogP contribution in [0.3, 0.4) is 0 Å². The third-order valence-corrected chi connectivity index (χ3v) is 4.15. The van der Waals surface area contributed by atoms with Gasteiger partial charge < -0.3 is 20.9 Å². The van der Waals surface area contributed by atoms with Crippen LogP contribution >= 0.6 is 0 Å². The predicted molar refractivity (Wildman–Crippen MR) is 102 cm³/mol.